The summed E-state index contributed by atoms with van der Waals surface area (Å²) in [6.07, 6.45) is -2.32. The second kappa shape index (κ2) is 5.68. The molecule has 0 aliphatic carbocycles. The topological polar surface area (TPSA) is 45.2 Å². The molecule has 0 aromatic carbocycles. The van der Waals surface area contributed by atoms with E-state index in [1.54, 1.807) is 11.8 Å². The molecule has 1 aliphatic heterocycles. The van der Waals surface area contributed by atoms with E-state index in [1.165, 1.54) is 6.07 Å². The van der Waals surface area contributed by atoms with Crippen LogP contribution >= 0.6 is 0 Å². The van der Waals surface area contributed by atoms with Crippen molar-refractivity contribution in [1.82, 2.24) is 9.88 Å². The summed E-state index contributed by atoms with van der Waals surface area (Å²) in [7, 11) is 0. The van der Waals surface area contributed by atoms with E-state index in [4.69, 9.17) is 0 Å². The van der Waals surface area contributed by atoms with E-state index in [1.807, 2.05) is 0 Å². The van der Waals surface area contributed by atoms with E-state index in [0.717, 1.165) is 18.7 Å². The average molecular weight is 287 g/mol. The van der Waals surface area contributed by atoms with Crippen LogP contribution in [0.5, 0.6) is 0 Å². The summed E-state index contributed by atoms with van der Waals surface area (Å²) >= 11 is 0. The lowest BCUT2D eigenvalue weighted by molar-refractivity contribution is -0.137. The van der Waals surface area contributed by atoms with Crippen molar-refractivity contribution in [3.63, 3.8) is 0 Å². The van der Waals surface area contributed by atoms with E-state index in [2.05, 4.69) is 10.3 Å². The lowest BCUT2D eigenvalue weighted by atomic mass is 10.2. The first-order chi connectivity index (χ1) is 9.40. The second-order valence-electron chi connectivity index (χ2n) is 4.75. The molecular formula is C13H16F3N3O. The van der Waals surface area contributed by atoms with Crippen LogP contribution in [-0.4, -0.2) is 34.9 Å². The lowest BCUT2D eigenvalue weighted by Crippen LogP contribution is -2.31. The first kappa shape index (κ1) is 14.6. The number of aromatic nitrogens is 1. The van der Waals surface area contributed by atoms with Crippen LogP contribution in [0.15, 0.2) is 18.3 Å². The number of amides is 1. The Balaban J connectivity index is 1.93. The molecule has 1 amide bonds. The van der Waals surface area contributed by atoms with Gasteiger partial charge < -0.3 is 10.2 Å². The summed E-state index contributed by atoms with van der Waals surface area (Å²) in [5.41, 5.74) is -0.766. The number of anilines is 1. The lowest BCUT2D eigenvalue weighted by Gasteiger charge is -2.16. The van der Waals surface area contributed by atoms with Crippen LogP contribution in [0.3, 0.4) is 0 Å². The third kappa shape index (κ3) is 3.40. The molecule has 20 heavy (non-hydrogen) atoms. The number of hydrogen-bond acceptors (Lipinski definition) is 3. The van der Waals surface area contributed by atoms with Gasteiger partial charge in [-0.15, -0.1) is 0 Å². The molecule has 1 aromatic rings. The molecule has 110 valence electrons. The largest absolute Gasteiger partial charge is 0.417 e. The van der Waals surface area contributed by atoms with Crippen LogP contribution in [0.1, 0.15) is 25.3 Å². The van der Waals surface area contributed by atoms with Crippen molar-refractivity contribution < 1.29 is 18.0 Å². The first-order valence-electron chi connectivity index (χ1n) is 6.47. The van der Waals surface area contributed by atoms with Gasteiger partial charge in [-0.3, -0.25) is 4.79 Å². The van der Waals surface area contributed by atoms with Gasteiger partial charge in [-0.05, 0) is 18.6 Å². The van der Waals surface area contributed by atoms with Crippen LogP contribution in [0.4, 0.5) is 19.0 Å². The maximum absolute atomic E-state index is 12.4. The third-order valence-corrected chi connectivity index (χ3v) is 3.29. The monoisotopic (exact) mass is 287 g/mol. The summed E-state index contributed by atoms with van der Waals surface area (Å²) in [5.74, 6) is 0.489. The number of carbonyl (C=O) groups is 1. The Kier molecular flexibility index (Phi) is 4.15. The number of nitrogens with one attached hydrogen (secondary N) is 1. The molecule has 0 saturated carbocycles. The number of rotatable bonds is 3. The predicted octanol–water partition coefficient (Wildman–Crippen LogP) is 2.52. The smallest absolute Gasteiger partial charge is 0.365 e. The fourth-order valence-electron chi connectivity index (χ4n) is 2.18. The Morgan fingerprint density at radius 1 is 1.50 bits per heavy atom. The molecule has 1 saturated heterocycles. The summed E-state index contributed by atoms with van der Waals surface area (Å²) in [6.45, 7) is 3.04. The van der Waals surface area contributed by atoms with E-state index < -0.39 is 11.7 Å². The standard InChI is InChI=1S/C13H16F3N3O/c1-2-12(20)19-6-5-10(8-19)18-11-4-3-9(7-17-11)13(14,15)16/h3-4,7,10H,2,5-6,8H2,1H3,(H,17,18). The Morgan fingerprint density at radius 2 is 2.25 bits per heavy atom. The quantitative estimate of drug-likeness (QED) is 0.929. The molecule has 1 fully saturated rings. The molecule has 0 bridgehead atoms. The molecule has 2 heterocycles. The molecule has 0 spiro atoms. The van der Waals surface area contributed by atoms with Gasteiger partial charge >= 0.3 is 6.18 Å². The number of alkyl halides is 3. The number of likely N-dealkylation sites (tertiary alicyclic amines) is 1. The van der Waals surface area contributed by atoms with Crippen LogP contribution in [0.2, 0.25) is 0 Å². The molecule has 7 heteroatoms. The SMILES string of the molecule is CCC(=O)N1CCC(Nc2ccc(C(F)(F)F)cn2)C1. The second-order valence-corrected chi connectivity index (χ2v) is 4.75. The van der Waals surface area contributed by atoms with Crippen LogP contribution in [0, 0.1) is 0 Å². The van der Waals surface area contributed by atoms with Gasteiger partial charge in [0.2, 0.25) is 5.91 Å². The molecule has 1 unspecified atom stereocenters. The molecule has 2 rings (SSSR count). The maximum atomic E-state index is 12.4. The zero-order chi connectivity index (χ0) is 14.8. The highest BCUT2D eigenvalue weighted by atomic mass is 19.4. The van der Waals surface area contributed by atoms with Gasteiger partial charge in [0.1, 0.15) is 5.82 Å². The summed E-state index contributed by atoms with van der Waals surface area (Å²) < 4.78 is 37.2. The van der Waals surface area contributed by atoms with Gasteiger partial charge in [-0.25, -0.2) is 4.98 Å². The van der Waals surface area contributed by atoms with Crippen molar-refractivity contribution in [1.29, 1.82) is 0 Å². The van der Waals surface area contributed by atoms with Crippen molar-refractivity contribution in [2.75, 3.05) is 18.4 Å². The normalized spacial score (nSPS) is 19.2. The zero-order valence-electron chi connectivity index (χ0n) is 11.1. The Bertz CT molecular complexity index is 473. The van der Waals surface area contributed by atoms with Gasteiger partial charge in [0.25, 0.3) is 0 Å². The summed E-state index contributed by atoms with van der Waals surface area (Å²) in [4.78, 5) is 17.0. The van der Waals surface area contributed by atoms with Crippen molar-refractivity contribution in [3.05, 3.63) is 23.9 Å². The number of pyridine rings is 1. The minimum Gasteiger partial charge on any atom is -0.365 e. The molecule has 1 atom stereocenters. The van der Waals surface area contributed by atoms with Crippen molar-refractivity contribution in [2.24, 2.45) is 0 Å². The zero-order valence-corrected chi connectivity index (χ0v) is 11.1. The highest BCUT2D eigenvalue weighted by molar-refractivity contribution is 5.76. The predicted molar refractivity (Wildman–Crippen MR) is 68.1 cm³/mol. The van der Waals surface area contributed by atoms with Crippen molar-refractivity contribution >= 4 is 11.7 Å². The van der Waals surface area contributed by atoms with E-state index in [-0.39, 0.29) is 11.9 Å². The van der Waals surface area contributed by atoms with Gasteiger partial charge in [0.05, 0.1) is 5.56 Å². The third-order valence-electron chi connectivity index (χ3n) is 3.29. The Morgan fingerprint density at radius 3 is 2.80 bits per heavy atom. The molecular weight excluding hydrogens is 271 g/mol. The fourth-order valence-corrected chi connectivity index (χ4v) is 2.18. The first-order valence-corrected chi connectivity index (χ1v) is 6.47. The number of halogens is 3. The van der Waals surface area contributed by atoms with Crippen molar-refractivity contribution in [2.45, 2.75) is 32.0 Å². The van der Waals surface area contributed by atoms with Gasteiger partial charge in [0, 0.05) is 31.7 Å². The fraction of sp³-hybridized carbons (Fsp3) is 0.538. The molecule has 4 nitrogen and oxygen atoms in total. The average Bonchev–Trinajstić information content (AvgIpc) is 2.86. The van der Waals surface area contributed by atoms with E-state index in [9.17, 15) is 18.0 Å². The molecule has 1 N–H and O–H groups in total. The minimum absolute atomic E-state index is 0.0368. The van der Waals surface area contributed by atoms with Gasteiger partial charge in [-0.1, -0.05) is 6.92 Å². The maximum Gasteiger partial charge on any atom is 0.417 e. The molecule has 0 radical (unpaired) electrons. The van der Waals surface area contributed by atoms with Crippen LogP contribution in [0.25, 0.3) is 0 Å². The van der Waals surface area contributed by atoms with Crippen molar-refractivity contribution in [3.8, 4) is 0 Å². The summed E-state index contributed by atoms with van der Waals surface area (Å²) in [6, 6.07) is 2.35. The highest BCUT2D eigenvalue weighted by Crippen LogP contribution is 2.29. The van der Waals surface area contributed by atoms with Gasteiger partial charge in [-0.2, -0.15) is 13.2 Å². The van der Waals surface area contributed by atoms with E-state index >= 15 is 0 Å². The molecule has 1 aliphatic rings. The molecule has 1 aromatic heterocycles. The minimum atomic E-state index is -4.37. The number of nitrogens with zero attached hydrogens (tertiary/aromatic N) is 2. The van der Waals surface area contributed by atoms with Crippen LogP contribution < -0.4 is 5.32 Å². The number of carbonyl (C=O) groups excluding carboxylic acids is 1. The van der Waals surface area contributed by atoms with E-state index in [0.29, 0.717) is 25.3 Å². The summed E-state index contributed by atoms with van der Waals surface area (Å²) in [5, 5.41) is 3.06. The van der Waals surface area contributed by atoms with Gasteiger partial charge in [0.15, 0.2) is 0 Å². The Hall–Kier alpha value is -1.79. The number of hydrogen-bond donors (Lipinski definition) is 1. The Labute approximate surface area is 115 Å². The van der Waals surface area contributed by atoms with Crippen LogP contribution in [-0.2, 0) is 11.0 Å². The highest BCUT2D eigenvalue weighted by Gasteiger charge is 2.31.